The van der Waals surface area contributed by atoms with Crippen molar-refractivity contribution >= 4 is 5.91 Å². The maximum atomic E-state index is 11.6. The van der Waals surface area contributed by atoms with E-state index in [0.29, 0.717) is 18.8 Å². The van der Waals surface area contributed by atoms with E-state index in [1.54, 1.807) is 6.92 Å². The number of hydrogen-bond donors (Lipinski definition) is 1. The van der Waals surface area contributed by atoms with Crippen LogP contribution in [0.1, 0.15) is 39.5 Å². The molecule has 3 heteroatoms. The molecule has 0 radical (unpaired) electrons. The van der Waals surface area contributed by atoms with Crippen LogP contribution in [0.15, 0.2) is 0 Å². The van der Waals surface area contributed by atoms with E-state index in [0.717, 1.165) is 19.5 Å². The first-order valence-corrected chi connectivity index (χ1v) is 5.59. The molecule has 14 heavy (non-hydrogen) atoms. The third-order valence-electron chi connectivity index (χ3n) is 2.99. The summed E-state index contributed by atoms with van der Waals surface area (Å²) < 4.78 is 0. The minimum atomic E-state index is -0.358. The highest BCUT2D eigenvalue weighted by Crippen LogP contribution is 2.19. The zero-order valence-electron chi connectivity index (χ0n) is 9.20. The quantitative estimate of drug-likeness (QED) is 0.743. The summed E-state index contributed by atoms with van der Waals surface area (Å²) in [5.41, 5.74) is 0. The van der Waals surface area contributed by atoms with E-state index in [9.17, 15) is 4.79 Å². The van der Waals surface area contributed by atoms with Crippen LogP contribution in [0.3, 0.4) is 0 Å². The van der Waals surface area contributed by atoms with Gasteiger partial charge in [-0.25, -0.2) is 0 Å². The van der Waals surface area contributed by atoms with Gasteiger partial charge in [-0.3, -0.25) is 4.79 Å². The van der Waals surface area contributed by atoms with Crippen molar-refractivity contribution in [3.05, 3.63) is 0 Å². The van der Waals surface area contributed by atoms with Gasteiger partial charge in [-0.1, -0.05) is 13.3 Å². The van der Waals surface area contributed by atoms with E-state index >= 15 is 0 Å². The van der Waals surface area contributed by atoms with Crippen molar-refractivity contribution in [3.8, 4) is 0 Å². The lowest BCUT2D eigenvalue weighted by atomic mass is 10.1. The lowest BCUT2D eigenvalue weighted by Crippen LogP contribution is -2.29. The van der Waals surface area contributed by atoms with Crippen molar-refractivity contribution in [1.29, 1.82) is 0 Å². The number of aliphatic hydroxyl groups is 1. The van der Waals surface area contributed by atoms with Gasteiger partial charge >= 0.3 is 0 Å². The van der Waals surface area contributed by atoms with Gasteiger partial charge in [0.15, 0.2) is 0 Å². The molecule has 1 fully saturated rings. The molecule has 1 amide bonds. The van der Waals surface area contributed by atoms with E-state index in [-0.39, 0.29) is 12.0 Å². The predicted octanol–water partition coefficient (Wildman–Crippen LogP) is 1.41. The predicted molar refractivity (Wildman–Crippen MR) is 55.9 cm³/mol. The first-order valence-electron chi connectivity index (χ1n) is 5.59. The summed E-state index contributed by atoms with van der Waals surface area (Å²) in [5, 5.41) is 9.07. The summed E-state index contributed by atoms with van der Waals surface area (Å²) in [4.78, 5) is 13.6. The Morgan fingerprint density at radius 3 is 2.86 bits per heavy atom. The van der Waals surface area contributed by atoms with Crippen LogP contribution in [0.25, 0.3) is 0 Å². The van der Waals surface area contributed by atoms with Crippen LogP contribution < -0.4 is 0 Å². The summed E-state index contributed by atoms with van der Waals surface area (Å²) in [7, 11) is 0. The highest BCUT2D eigenvalue weighted by atomic mass is 16.3. The van der Waals surface area contributed by atoms with Gasteiger partial charge in [0, 0.05) is 19.5 Å². The van der Waals surface area contributed by atoms with Crippen molar-refractivity contribution in [2.24, 2.45) is 5.92 Å². The van der Waals surface area contributed by atoms with Crippen LogP contribution >= 0.6 is 0 Å². The molecule has 2 unspecified atom stereocenters. The molecule has 0 aromatic carbocycles. The van der Waals surface area contributed by atoms with Crippen LogP contribution in [0, 0.1) is 5.92 Å². The average molecular weight is 199 g/mol. The van der Waals surface area contributed by atoms with Gasteiger partial charge in [-0.05, 0) is 25.7 Å². The summed E-state index contributed by atoms with van der Waals surface area (Å²) in [6.07, 6.45) is 3.04. The lowest BCUT2D eigenvalue weighted by molar-refractivity contribution is -0.130. The van der Waals surface area contributed by atoms with Gasteiger partial charge in [-0.15, -0.1) is 0 Å². The summed E-state index contributed by atoms with van der Waals surface area (Å²) >= 11 is 0. The fraction of sp³-hybridized carbons (Fsp3) is 0.909. The third kappa shape index (κ3) is 3.29. The van der Waals surface area contributed by atoms with E-state index in [2.05, 4.69) is 6.92 Å². The van der Waals surface area contributed by atoms with Gasteiger partial charge in [0.05, 0.1) is 6.10 Å². The fourth-order valence-electron chi connectivity index (χ4n) is 1.88. The molecule has 1 aliphatic rings. The van der Waals surface area contributed by atoms with Crippen molar-refractivity contribution in [3.63, 3.8) is 0 Å². The van der Waals surface area contributed by atoms with E-state index in [4.69, 9.17) is 5.11 Å². The fourth-order valence-corrected chi connectivity index (χ4v) is 1.88. The third-order valence-corrected chi connectivity index (χ3v) is 2.99. The smallest absolute Gasteiger partial charge is 0.222 e. The second-order valence-corrected chi connectivity index (χ2v) is 4.29. The molecule has 1 heterocycles. The number of likely N-dealkylation sites (tertiary alicyclic amines) is 1. The molecular weight excluding hydrogens is 178 g/mol. The molecule has 0 aliphatic carbocycles. The highest BCUT2D eigenvalue weighted by molar-refractivity contribution is 5.76. The molecule has 0 aromatic heterocycles. The van der Waals surface area contributed by atoms with E-state index in [1.165, 1.54) is 6.42 Å². The number of aliphatic hydroxyl groups excluding tert-OH is 1. The van der Waals surface area contributed by atoms with Crippen LogP contribution in [0.4, 0.5) is 0 Å². The Labute approximate surface area is 86.1 Å². The molecular formula is C11H21NO2. The topological polar surface area (TPSA) is 40.5 Å². The zero-order valence-corrected chi connectivity index (χ0v) is 9.20. The molecule has 0 bridgehead atoms. The monoisotopic (exact) mass is 199 g/mol. The molecule has 0 spiro atoms. The Hall–Kier alpha value is -0.570. The van der Waals surface area contributed by atoms with Crippen molar-refractivity contribution in [2.45, 2.75) is 45.6 Å². The summed E-state index contributed by atoms with van der Waals surface area (Å²) in [6.45, 7) is 5.74. The van der Waals surface area contributed by atoms with Gasteiger partial charge in [-0.2, -0.15) is 0 Å². The van der Waals surface area contributed by atoms with Crippen LogP contribution in [-0.4, -0.2) is 35.1 Å². The average Bonchev–Trinajstić information content (AvgIpc) is 2.62. The van der Waals surface area contributed by atoms with Crippen LogP contribution in [-0.2, 0) is 4.79 Å². The maximum absolute atomic E-state index is 11.6. The second kappa shape index (κ2) is 5.35. The summed E-state index contributed by atoms with van der Waals surface area (Å²) in [6, 6.07) is 0. The Kier molecular flexibility index (Phi) is 4.39. The van der Waals surface area contributed by atoms with Gasteiger partial charge in [0.1, 0.15) is 0 Å². The maximum Gasteiger partial charge on any atom is 0.222 e. The summed E-state index contributed by atoms with van der Waals surface area (Å²) in [5.74, 6) is 0.910. The number of carbonyl (C=O) groups excluding carboxylic acids is 1. The standard InChI is InChI=1S/C11H21NO2/c1-3-10-6-7-12(8-10)11(14)5-4-9(2)13/h9-10,13H,3-8H2,1-2H3. The lowest BCUT2D eigenvalue weighted by Gasteiger charge is -2.16. The van der Waals surface area contributed by atoms with E-state index in [1.807, 2.05) is 4.90 Å². The molecule has 1 rings (SSSR count). The largest absolute Gasteiger partial charge is 0.393 e. The van der Waals surface area contributed by atoms with Gasteiger partial charge in [0.2, 0.25) is 5.91 Å². The Morgan fingerprint density at radius 1 is 1.64 bits per heavy atom. The van der Waals surface area contributed by atoms with Crippen LogP contribution in [0.5, 0.6) is 0 Å². The first-order chi connectivity index (χ1) is 6.63. The number of rotatable bonds is 4. The zero-order chi connectivity index (χ0) is 10.6. The molecule has 3 nitrogen and oxygen atoms in total. The Morgan fingerprint density at radius 2 is 2.36 bits per heavy atom. The highest BCUT2D eigenvalue weighted by Gasteiger charge is 2.24. The Balaban J connectivity index is 2.25. The van der Waals surface area contributed by atoms with Gasteiger partial charge < -0.3 is 10.0 Å². The van der Waals surface area contributed by atoms with Crippen molar-refractivity contribution < 1.29 is 9.90 Å². The number of nitrogens with zero attached hydrogens (tertiary/aromatic N) is 1. The van der Waals surface area contributed by atoms with Crippen molar-refractivity contribution in [2.75, 3.05) is 13.1 Å². The normalized spacial score (nSPS) is 23.9. The van der Waals surface area contributed by atoms with Crippen LogP contribution in [0.2, 0.25) is 0 Å². The van der Waals surface area contributed by atoms with E-state index < -0.39 is 0 Å². The van der Waals surface area contributed by atoms with Gasteiger partial charge in [0.25, 0.3) is 0 Å². The number of carbonyl (C=O) groups is 1. The molecule has 0 saturated carbocycles. The molecule has 2 atom stereocenters. The second-order valence-electron chi connectivity index (χ2n) is 4.29. The molecule has 1 N–H and O–H groups in total. The number of hydrogen-bond acceptors (Lipinski definition) is 2. The minimum absolute atomic E-state index is 0.210. The molecule has 0 aromatic rings. The molecule has 82 valence electrons. The minimum Gasteiger partial charge on any atom is -0.393 e. The first kappa shape index (κ1) is 11.5. The number of amides is 1. The Bertz CT molecular complexity index is 192. The van der Waals surface area contributed by atoms with Crippen molar-refractivity contribution in [1.82, 2.24) is 4.90 Å². The SMILES string of the molecule is CCC1CCN(C(=O)CCC(C)O)C1. The molecule has 1 aliphatic heterocycles. The molecule has 1 saturated heterocycles.